The summed E-state index contributed by atoms with van der Waals surface area (Å²) in [6.07, 6.45) is 0.761. The van der Waals surface area contributed by atoms with Crippen molar-refractivity contribution in [3.63, 3.8) is 0 Å². The van der Waals surface area contributed by atoms with E-state index >= 15 is 0 Å². The van der Waals surface area contributed by atoms with Gasteiger partial charge in [-0.1, -0.05) is 39.0 Å². The van der Waals surface area contributed by atoms with Crippen molar-refractivity contribution in [1.29, 1.82) is 0 Å². The quantitative estimate of drug-likeness (QED) is 0.810. The minimum atomic E-state index is -0.506. The van der Waals surface area contributed by atoms with Crippen LogP contribution in [-0.2, 0) is 22.4 Å². The first-order valence-electron chi connectivity index (χ1n) is 10.6. The third-order valence-corrected chi connectivity index (χ3v) is 5.49. The summed E-state index contributed by atoms with van der Waals surface area (Å²) in [6, 6.07) is 7.81. The Bertz CT molecular complexity index is 957. The monoisotopic (exact) mass is 414 g/mol. The SMILES string of the molecule is CC(C)(C)CC(O)c1ccc2c(c1)CCn1c-2cc(OC[C@@H]2COCCO2)nc1=O. The second-order valence-electron chi connectivity index (χ2n) is 9.24. The second-order valence-corrected chi connectivity index (χ2v) is 9.24. The Morgan fingerprint density at radius 1 is 1.30 bits per heavy atom. The van der Waals surface area contributed by atoms with E-state index in [0.717, 1.165) is 28.8 Å². The number of rotatable bonds is 5. The number of aromatic nitrogens is 2. The van der Waals surface area contributed by atoms with Gasteiger partial charge >= 0.3 is 5.69 Å². The normalized spacial score (nSPS) is 19.7. The van der Waals surface area contributed by atoms with Gasteiger partial charge in [0.1, 0.15) is 12.7 Å². The van der Waals surface area contributed by atoms with E-state index in [9.17, 15) is 9.90 Å². The molecular formula is C23H30N2O5. The largest absolute Gasteiger partial charge is 0.475 e. The number of hydrogen-bond acceptors (Lipinski definition) is 6. The van der Waals surface area contributed by atoms with Crippen LogP contribution in [0.4, 0.5) is 0 Å². The highest BCUT2D eigenvalue weighted by Gasteiger charge is 2.23. The molecule has 0 bridgehead atoms. The first-order chi connectivity index (χ1) is 14.3. The fourth-order valence-electron chi connectivity index (χ4n) is 4.02. The number of fused-ring (bicyclic) bond motifs is 3. The summed E-state index contributed by atoms with van der Waals surface area (Å²) in [7, 11) is 0. The van der Waals surface area contributed by atoms with Gasteiger partial charge in [0.25, 0.3) is 0 Å². The lowest BCUT2D eigenvalue weighted by Gasteiger charge is -2.26. The van der Waals surface area contributed by atoms with Gasteiger partial charge in [-0.05, 0) is 29.4 Å². The van der Waals surface area contributed by atoms with E-state index in [2.05, 4.69) is 31.8 Å². The van der Waals surface area contributed by atoms with Crippen molar-refractivity contribution in [3.8, 4) is 17.1 Å². The van der Waals surface area contributed by atoms with Gasteiger partial charge in [-0.2, -0.15) is 4.98 Å². The molecule has 2 aliphatic heterocycles. The number of nitrogens with zero attached hydrogens (tertiary/aromatic N) is 2. The standard InChI is InChI=1S/C23H30N2O5/c1-23(2,3)12-20(26)16-4-5-18-15(10-16)6-7-25-19(18)11-21(24-22(25)27)30-14-17-13-28-8-9-29-17/h4-5,10-11,17,20,26H,6-9,12-14H2,1-3H3/t17-,20?/m0/s1. The predicted molar refractivity (Wildman–Crippen MR) is 113 cm³/mol. The molecule has 30 heavy (non-hydrogen) atoms. The van der Waals surface area contributed by atoms with Crippen LogP contribution in [0.5, 0.6) is 5.88 Å². The van der Waals surface area contributed by atoms with E-state index < -0.39 is 6.10 Å². The molecule has 7 nitrogen and oxygen atoms in total. The Morgan fingerprint density at radius 3 is 2.87 bits per heavy atom. The van der Waals surface area contributed by atoms with Crippen LogP contribution in [0.2, 0.25) is 0 Å². The van der Waals surface area contributed by atoms with Crippen molar-refractivity contribution in [2.75, 3.05) is 26.4 Å². The number of aryl methyl sites for hydroxylation is 1. The summed E-state index contributed by atoms with van der Waals surface area (Å²) >= 11 is 0. The summed E-state index contributed by atoms with van der Waals surface area (Å²) in [5.74, 6) is 0.296. The Hall–Kier alpha value is -2.22. The molecular weight excluding hydrogens is 384 g/mol. The molecule has 1 aromatic heterocycles. The van der Waals surface area contributed by atoms with Gasteiger partial charge in [-0.15, -0.1) is 0 Å². The molecule has 1 fully saturated rings. The Kier molecular flexibility index (Phi) is 5.95. The average molecular weight is 415 g/mol. The van der Waals surface area contributed by atoms with Crippen molar-refractivity contribution in [1.82, 2.24) is 9.55 Å². The van der Waals surface area contributed by atoms with Crippen LogP contribution >= 0.6 is 0 Å². The Balaban J connectivity index is 1.57. The summed E-state index contributed by atoms with van der Waals surface area (Å²) in [5.41, 5.74) is 3.55. The van der Waals surface area contributed by atoms with Crippen molar-refractivity contribution in [3.05, 3.63) is 45.9 Å². The first kappa shape index (κ1) is 21.0. The van der Waals surface area contributed by atoms with Crippen LogP contribution in [0.25, 0.3) is 11.3 Å². The summed E-state index contributed by atoms with van der Waals surface area (Å²) in [5, 5.41) is 10.6. The molecule has 1 unspecified atom stereocenters. The summed E-state index contributed by atoms with van der Waals surface area (Å²) in [6.45, 7) is 8.84. The maximum atomic E-state index is 12.6. The highest BCUT2D eigenvalue weighted by molar-refractivity contribution is 5.67. The van der Waals surface area contributed by atoms with E-state index in [4.69, 9.17) is 14.2 Å². The zero-order valence-corrected chi connectivity index (χ0v) is 17.9. The zero-order chi connectivity index (χ0) is 21.3. The van der Waals surface area contributed by atoms with Crippen molar-refractivity contribution < 1.29 is 19.3 Å². The first-order valence-corrected chi connectivity index (χ1v) is 10.6. The molecule has 2 atom stereocenters. The molecule has 2 aromatic rings. The highest BCUT2D eigenvalue weighted by Crippen LogP contribution is 2.34. The molecule has 0 spiro atoms. The molecule has 162 valence electrons. The molecule has 0 saturated carbocycles. The molecule has 4 rings (SSSR count). The molecule has 1 saturated heterocycles. The smallest absolute Gasteiger partial charge is 0.351 e. The topological polar surface area (TPSA) is 82.8 Å². The number of aliphatic hydroxyl groups excluding tert-OH is 1. The van der Waals surface area contributed by atoms with Crippen LogP contribution in [0.3, 0.4) is 0 Å². The molecule has 1 N–H and O–H groups in total. The molecule has 0 amide bonds. The van der Waals surface area contributed by atoms with Crippen LogP contribution in [0.1, 0.15) is 44.4 Å². The van der Waals surface area contributed by atoms with Gasteiger partial charge < -0.3 is 19.3 Å². The number of aliphatic hydroxyl groups is 1. The van der Waals surface area contributed by atoms with Crippen LogP contribution in [0, 0.1) is 5.41 Å². The van der Waals surface area contributed by atoms with E-state index in [1.54, 1.807) is 4.57 Å². The maximum absolute atomic E-state index is 12.6. The fourth-order valence-corrected chi connectivity index (χ4v) is 4.02. The minimum absolute atomic E-state index is 0.0419. The Labute approximate surface area is 176 Å². The molecule has 2 aliphatic rings. The van der Waals surface area contributed by atoms with Crippen LogP contribution in [-0.4, -0.2) is 47.2 Å². The Morgan fingerprint density at radius 2 is 2.13 bits per heavy atom. The van der Waals surface area contributed by atoms with Gasteiger partial charge in [0.15, 0.2) is 0 Å². The highest BCUT2D eigenvalue weighted by atomic mass is 16.6. The second kappa shape index (κ2) is 8.49. The van der Waals surface area contributed by atoms with Crippen molar-refractivity contribution in [2.45, 2.75) is 52.4 Å². The van der Waals surface area contributed by atoms with E-state index in [1.807, 2.05) is 18.2 Å². The molecule has 3 heterocycles. The summed E-state index contributed by atoms with van der Waals surface area (Å²) < 4.78 is 18.4. The lowest BCUT2D eigenvalue weighted by Crippen LogP contribution is -2.34. The number of hydrogen-bond donors (Lipinski definition) is 1. The third kappa shape index (κ3) is 4.74. The van der Waals surface area contributed by atoms with Crippen LogP contribution in [0.15, 0.2) is 29.1 Å². The molecule has 0 radical (unpaired) electrons. The maximum Gasteiger partial charge on any atom is 0.351 e. The van der Waals surface area contributed by atoms with E-state index in [0.29, 0.717) is 45.3 Å². The molecule has 0 aliphatic carbocycles. The minimum Gasteiger partial charge on any atom is -0.475 e. The van der Waals surface area contributed by atoms with Gasteiger partial charge in [-0.3, -0.25) is 4.57 Å². The fraction of sp³-hybridized carbons (Fsp3) is 0.565. The van der Waals surface area contributed by atoms with E-state index in [-0.39, 0.29) is 17.2 Å². The van der Waals surface area contributed by atoms with Crippen LogP contribution < -0.4 is 10.4 Å². The van der Waals surface area contributed by atoms with E-state index in [1.165, 1.54) is 0 Å². The van der Waals surface area contributed by atoms with Gasteiger partial charge in [0.05, 0.1) is 31.6 Å². The molecule has 1 aromatic carbocycles. The number of ether oxygens (including phenoxy) is 3. The lowest BCUT2D eigenvalue weighted by atomic mass is 9.85. The summed E-state index contributed by atoms with van der Waals surface area (Å²) in [4.78, 5) is 16.6. The molecule has 7 heteroatoms. The lowest BCUT2D eigenvalue weighted by molar-refractivity contribution is -0.102. The van der Waals surface area contributed by atoms with Gasteiger partial charge in [0, 0.05) is 18.2 Å². The van der Waals surface area contributed by atoms with Crippen molar-refractivity contribution in [2.24, 2.45) is 5.41 Å². The van der Waals surface area contributed by atoms with Gasteiger partial charge in [-0.25, -0.2) is 4.79 Å². The average Bonchev–Trinajstić information content (AvgIpc) is 2.71. The third-order valence-electron chi connectivity index (χ3n) is 5.49. The zero-order valence-electron chi connectivity index (χ0n) is 17.9. The number of benzene rings is 1. The van der Waals surface area contributed by atoms with Crippen molar-refractivity contribution >= 4 is 0 Å². The predicted octanol–water partition coefficient (Wildman–Crippen LogP) is 2.73. The van der Waals surface area contributed by atoms with Gasteiger partial charge in [0.2, 0.25) is 5.88 Å².